The van der Waals surface area contributed by atoms with Crippen molar-refractivity contribution in [1.82, 2.24) is 10.2 Å². The molecule has 2 atom stereocenters. The average molecular weight is 286 g/mol. The minimum Gasteiger partial charge on any atom is -0.493 e. The van der Waals surface area contributed by atoms with Crippen molar-refractivity contribution in [2.75, 3.05) is 26.2 Å². The molecule has 21 heavy (non-hydrogen) atoms. The van der Waals surface area contributed by atoms with Crippen molar-refractivity contribution in [3.8, 4) is 5.75 Å². The van der Waals surface area contributed by atoms with Gasteiger partial charge in [0.15, 0.2) is 0 Å². The Morgan fingerprint density at radius 1 is 1.29 bits per heavy atom. The van der Waals surface area contributed by atoms with Gasteiger partial charge in [-0.25, -0.2) is 0 Å². The van der Waals surface area contributed by atoms with Crippen LogP contribution in [0.2, 0.25) is 0 Å². The summed E-state index contributed by atoms with van der Waals surface area (Å²) in [6, 6.07) is 9.19. The fourth-order valence-electron chi connectivity index (χ4n) is 4.39. The first kappa shape index (κ1) is 13.6. The Bertz CT molecular complexity index is 510. The van der Waals surface area contributed by atoms with Gasteiger partial charge >= 0.3 is 0 Å². The molecule has 1 saturated heterocycles. The van der Waals surface area contributed by atoms with Crippen LogP contribution in [0, 0.1) is 0 Å². The highest BCUT2D eigenvalue weighted by molar-refractivity contribution is 5.39. The molecule has 3 aliphatic rings. The highest BCUT2D eigenvalue weighted by Gasteiger charge is 2.41. The number of ether oxygens (including phenoxy) is 1. The van der Waals surface area contributed by atoms with E-state index in [9.17, 15) is 0 Å². The number of piperazine rings is 1. The molecule has 1 spiro atoms. The molecule has 1 aromatic rings. The summed E-state index contributed by atoms with van der Waals surface area (Å²) in [5, 5.41) is 3.85. The summed E-state index contributed by atoms with van der Waals surface area (Å²) in [7, 11) is 0. The molecule has 1 saturated carbocycles. The summed E-state index contributed by atoms with van der Waals surface area (Å²) in [4.78, 5) is 2.71. The monoisotopic (exact) mass is 286 g/mol. The molecule has 114 valence electrons. The fraction of sp³-hybridized carbons (Fsp3) is 0.667. The molecular weight excluding hydrogens is 260 g/mol. The number of rotatable bonds is 2. The van der Waals surface area contributed by atoms with Crippen LogP contribution in [0.3, 0.4) is 0 Å². The van der Waals surface area contributed by atoms with Crippen molar-refractivity contribution in [3.63, 3.8) is 0 Å². The SMILES string of the molecule is CC1CNC2(CCCC2)CN1CC1COc2ccccc21. The number of hydrogen-bond donors (Lipinski definition) is 1. The average Bonchev–Trinajstić information content (AvgIpc) is 3.12. The number of hydrogen-bond acceptors (Lipinski definition) is 3. The van der Waals surface area contributed by atoms with Crippen molar-refractivity contribution in [2.24, 2.45) is 0 Å². The maximum Gasteiger partial charge on any atom is 0.122 e. The van der Waals surface area contributed by atoms with Gasteiger partial charge in [0.05, 0.1) is 6.61 Å². The first-order chi connectivity index (χ1) is 10.3. The molecule has 3 heteroatoms. The second kappa shape index (κ2) is 5.29. The van der Waals surface area contributed by atoms with Crippen LogP contribution in [-0.2, 0) is 0 Å². The summed E-state index contributed by atoms with van der Waals surface area (Å²) in [5.74, 6) is 1.64. The van der Waals surface area contributed by atoms with Gasteiger partial charge in [0.2, 0.25) is 0 Å². The second-order valence-corrected chi connectivity index (χ2v) is 7.19. The third-order valence-corrected chi connectivity index (χ3v) is 5.72. The number of benzene rings is 1. The zero-order valence-corrected chi connectivity index (χ0v) is 13.0. The molecule has 0 aromatic heterocycles. The van der Waals surface area contributed by atoms with Crippen molar-refractivity contribution >= 4 is 0 Å². The molecule has 1 aliphatic carbocycles. The van der Waals surface area contributed by atoms with E-state index in [0.29, 0.717) is 17.5 Å². The van der Waals surface area contributed by atoms with Gasteiger partial charge in [-0.2, -0.15) is 0 Å². The van der Waals surface area contributed by atoms with E-state index < -0.39 is 0 Å². The minimum atomic E-state index is 0.408. The van der Waals surface area contributed by atoms with Crippen molar-refractivity contribution in [1.29, 1.82) is 0 Å². The van der Waals surface area contributed by atoms with E-state index in [-0.39, 0.29) is 0 Å². The normalized spacial score (nSPS) is 31.3. The highest BCUT2D eigenvalue weighted by Crippen LogP contribution is 2.37. The Hall–Kier alpha value is -1.06. The Balaban J connectivity index is 1.48. The Morgan fingerprint density at radius 3 is 2.95 bits per heavy atom. The molecule has 2 aliphatic heterocycles. The quantitative estimate of drug-likeness (QED) is 0.905. The van der Waals surface area contributed by atoms with Gasteiger partial charge in [0, 0.05) is 42.7 Å². The molecule has 2 unspecified atom stereocenters. The van der Waals surface area contributed by atoms with Crippen LogP contribution < -0.4 is 10.1 Å². The molecular formula is C18H26N2O. The van der Waals surface area contributed by atoms with Crippen LogP contribution in [0.1, 0.15) is 44.1 Å². The summed E-state index contributed by atoms with van der Waals surface area (Å²) in [6.07, 6.45) is 5.50. The molecule has 0 radical (unpaired) electrons. The van der Waals surface area contributed by atoms with E-state index in [1.54, 1.807) is 0 Å². The summed E-state index contributed by atoms with van der Waals surface area (Å²) < 4.78 is 5.86. The smallest absolute Gasteiger partial charge is 0.122 e. The predicted octanol–water partition coefficient (Wildman–Crippen LogP) is 2.77. The zero-order chi connectivity index (χ0) is 14.3. The fourth-order valence-corrected chi connectivity index (χ4v) is 4.39. The van der Waals surface area contributed by atoms with Crippen LogP contribution >= 0.6 is 0 Å². The lowest BCUT2D eigenvalue weighted by atomic mass is 9.91. The summed E-state index contributed by atoms with van der Waals surface area (Å²) >= 11 is 0. The molecule has 0 amide bonds. The first-order valence-corrected chi connectivity index (χ1v) is 8.47. The molecule has 2 heterocycles. The molecule has 4 rings (SSSR count). The lowest BCUT2D eigenvalue weighted by Gasteiger charge is -2.46. The van der Waals surface area contributed by atoms with Gasteiger partial charge in [0.1, 0.15) is 5.75 Å². The third kappa shape index (κ3) is 2.47. The van der Waals surface area contributed by atoms with Crippen molar-refractivity contribution < 1.29 is 4.74 Å². The molecule has 1 aromatic carbocycles. The van der Waals surface area contributed by atoms with E-state index in [4.69, 9.17) is 4.74 Å². The lowest BCUT2D eigenvalue weighted by molar-refractivity contribution is 0.0806. The maximum absolute atomic E-state index is 5.86. The van der Waals surface area contributed by atoms with E-state index >= 15 is 0 Å². The van der Waals surface area contributed by atoms with Gasteiger partial charge < -0.3 is 10.1 Å². The molecule has 2 fully saturated rings. The zero-order valence-electron chi connectivity index (χ0n) is 13.0. The van der Waals surface area contributed by atoms with E-state index in [1.165, 1.54) is 37.8 Å². The Morgan fingerprint density at radius 2 is 2.10 bits per heavy atom. The predicted molar refractivity (Wildman–Crippen MR) is 84.9 cm³/mol. The Kier molecular flexibility index (Phi) is 3.43. The van der Waals surface area contributed by atoms with Crippen molar-refractivity contribution in [2.45, 2.75) is 50.1 Å². The maximum atomic E-state index is 5.86. The van der Waals surface area contributed by atoms with Gasteiger partial charge in [-0.15, -0.1) is 0 Å². The second-order valence-electron chi connectivity index (χ2n) is 7.19. The topological polar surface area (TPSA) is 24.5 Å². The van der Waals surface area contributed by atoms with E-state index in [0.717, 1.165) is 25.4 Å². The highest BCUT2D eigenvalue weighted by atomic mass is 16.5. The largest absolute Gasteiger partial charge is 0.493 e. The number of para-hydroxylation sites is 1. The molecule has 0 bridgehead atoms. The third-order valence-electron chi connectivity index (χ3n) is 5.72. The van der Waals surface area contributed by atoms with Crippen LogP contribution in [-0.4, -0.2) is 42.7 Å². The number of nitrogens with one attached hydrogen (secondary N) is 1. The minimum absolute atomic E-state index is 0.408. The van der Waals surface area contributed by atoms with Crippen LogP contribution in [0.25, 0.3) is 0 Å². The first-order valence-electron chi connectivity index (χ1n) is 8.47. The molecule has 3 nitrogen and oxygen atoms in total. The lowest BCUT2D eigenvalue weighted by Crippen LogP contribution is -2.62. The van der Waals surface area contributed by atoms with Crippen molar-refractivity contribution in [3.05, 3.63) is 29.8 Å². The van der Waals surface area contributed by atoms with Crippen LogP contribution in [0.5, 0.6) is 5.75 Å². The standard InChI is InChI=1S/C18H26N2O/c1-14-10-19-18(8-4-5-9-18)13-20(14)11-15-12-21-17-7-3-2-6-16(15)17/h2-3,6-7,14-15,19H,4-5,8-13H2,1H3. The molecule has 1 N–H and O–H groups in total. The van der Waals surface area contributed by atoms with Crippen LogP contribution in [0.15, 0.2) is 24.3 Å². The van der Waals surface area contributed by atoms with E-state index in [1.807, 2.05) is 0 Å². The number of fused-ring (bicyclic) bond motifs is 1. The summed E-state index contributed by atoms with van der Waals surface area (Å²) in [5.41, 5.74) is 1.81. The van der Waals surface area contributed by atoms with E-state index in [2.05, 4.69) is 41.4 Å². The van der Waals surface area contributed by atoms with Gasteiger partial charge in [-0.3, -0.25) is 4.90 Å². The van der Waals surface area contributed by atoms with Gasteiger partial charge in [-0.1, -0.05) is 31.0 Å². The summed E-state index contributed by atoms with van der Waals surface area (Å²) in [6.45, 7) is 6.70. The number of nitrogens with zero attached hydrogens (tertiary/aromatic N) is 1. The van der Waals surface area contributed by atoms with Crippen LogP contribution in [0.4, 0.5) is 0 Å². The van der Waals surface area contributed by atoms with Gasteiger partial charge in [-0.05, 0) is 25.8 Å². The van der Waals surface area contributed by atoms with Gasteiger partial charge in [0.25, 0.3) is 0 Å². The Labute approximate surface area is 127 Å².